The lowest BCUT2D eigenvalue weighted by Gasteiger charge is -2.11. The van der Waals surface area contributed by atoms with Gasteiger partial charge in [-0.15, -0.1) is 0 Å². The van der Waals surface area contributed by atoms with Gasteiger partial charge in [0.1, 0.15) is 0 Å². The van der Waals surface area contributed by atoms with Gasteiger partial charge in [-0.25, -0.2) is 0 Å². The van der Waals surface area contributed by atoms with Crippen molar-refractivity contribution >= 4 is 28.9 Å². The molecule has 0 spiro atoms. The van der Waals surface area contributed by atoms with Crippen molar-refractivity contribution in [3.8, 4) is 6.07 Å². The van der Waals surface area contributed by atoms with Crippen molar-refractivity contribution in [1.29, 1.82) is 5.26 Å². The van der Waals surface area contributed by atoms with Crippen LogP contribution in [0.4, 0.5) is 5.69 Å². The molecule has 0 heterocycles. The molecule has 0 bridgehead atoms. The van der Waals surface area contributed by atoms with Crippen LogP contribution in [0.5, 0.6) is 0 Å². The molecular weight excluding hydrogens is 299 g/mol. The molecule has 0 amide bonds. The minimum atomic E-state index is -0.597. The zero-order valence-electron chi connectivity index (χ0n) is 10.1. The van der Waals surface area contributed by atoms with Gasteiger partial charge in [0.15, 0.2) is 0 Å². The molecule has 20 heavy (non-hydrogen) atoms. The molecule has 0 aliphatic carbocycles. The van der Waals surface area contributed by atoms with Gasteiger partial charge in [-0.1, -0.05) is 41.4 Å². The maximum Gasteiger partial charge on any atom is 0.269 e. The first-order valence-electron chi connectivity index (χ1n) is 5.62. The summed E-state index contributed by atoms with van der Waals surface area (Å²) >= 11 is 11.9. The molecule has 4 nitrogen and oxygen atoms in total. The first kappa shape index (κ1) is 14.3. The number of nitrogens with zero attached hydrogens (tertiary/aromatic N) is 2. The van der Waals surface area contributed by atoms with Gasteiger partial charge in [-0.3, -0.25) is 10.1 Å². The summed E-state index contributed by atoms with van der Waals surface area (Å²) < 4.78 is 0. The third kappa shape index (κ3) is 2.90. The third-order valence-corrected chi connectivity index (χ3v) is 3.40. The highest BCUT2D eigenvalue weighted by Crippen LogP contribution is 2.32. The van der Waals surface area contributed by atoms with E-state index in [9.17, 15) is 15.4 Å². The maximum atomic E-state index is 10.6. The number of nitriles is 1. The summed E-state index contributed by atoms with van der Waals surface area (Å²) in [5, 5.41) is 20.8. The lowest BCUT2D eigenvalue weighted by atomic mass is 9.92. The largest absolute Gasteiger partial charge is 0.269 e. The Hall–Kier alpha value is -2.09. The Morgan fingerprint density at radius 2 is 1.80 bits per heavy atom. The molecule has 0 aliphatic heterocycles. The summed E-state index contributed by atoms with van der Waals surface area (Å²) in [7, 11) is 0. The number of halogens is 2. The maximum absolute atomic E-state index is 10.6. The third-order valence-electron chi connectivity index (χ3n) is 2.84. The summed E-state index contributed by atoms with van der Waals surface area (Å²) in [5.74, 6) is -0.597. The Kier molecular flexibility index (Phi) is 4.23. The van der Waals surface area contributed by atoms with E-state index < -0.39 is 10.8 Å². The van der Waals surface area contributed by atoms with E-state index in [1.165, 1.54) is 12.1 Å². The van der Waals surface area contributed by atoms with Crippen LogP contribution in [0.25, 0.3) is 0 Å². The van der Waals surface area contributed by atoms with Crippen molar-refractivity contribution in [3.05, 3.63) is 73.8 Å². The van der Waals surface area contributed by atoms with Crippen LogP contribution in [0.2, 0.25) is 10.0 Å². The van der Waals surface area contributed by atoms with Crippen molar-refractivity contribution in [3.63, 3.8) is 0 Å². The summed E-state index contributed by atoms with van der Waals surface area (Å²) in [4.78, 5) is 10.1. The number of benzene rings is 2. The number of hydrogen-bond donors (Lipinski definition) is 0. The van der Waals surface area contributed by atoms with Gasteiger partial charge in [-0.2, -0.15) is 5.26 Å². The Morgan fingerprint density at radius 1 is 1.15 bits per heavy atom. The van der Waals surface area contributed by atoms with Crippen LogP contribution >= 0.6 is 23.2 Å². The fraction of sp³-hybridized carbons (Fsp3) is 0.0714. The van der Waals surface area contributed by atoms with Crippen LogP contribution in [0, 0.1) is 21.4 Å². The van der Waals surface area contributed by atoms with Gasteiger partial charge in [-0.05, 0) is 23.3 Å². The summed E-state index contributed by atoms with van der Waals surface area (Å²) in [6, 6.07) is 12.9. The lowest BCUT2D eigenvalue weighted by Crippen LogP contribution is -1.99. The SMILES string of the molecule is N#CC(c1ccc([N+](=O)[O-])cc1)c1ccc(Cl)cc1Cl. The van der Waals surface area contributed by atoms with Crippen molar-refractivity contribution in [2.75, 3.05) is 0 Å². The Balaban J connectivity index is 2.42. The Bertz CT molecular complexity index is 693. The zero-order valence-corrected chi connectivity index (χ0v) is 11.6. The average molecular weight is 307 g/mol. The lowest BCUT2D eigenvalue weighted by molar-refractivity contribution is -0.384. The average Bonchev–Trinajstić information content (AvgIpc) is 2.42. The van der Waals surface area contributed by atoms with Crippen LogP contribution in [-0.2, 0) is 0 Å². The van der Waals surface area contributed by atoms with Crippen molar-refractivity contribution in [2.24, 2.45) is 0 Å². The fourth-order valence-corrected chi connectivity index (χ4v) is 2.37. The normalized spacial score (nSPS) is 11.7. The number of nitro benzene ring substituents is 1. The molecule has 1 unspecified atom stereocenters. The van der Waals surface area contributed by atoms with Crippen LogP contribution in [0.15, 0.2) is 42.5 Å². The standard InChI is InChI=1S/C14H8Cl2N2O2/c15-10-3-6-12(14(16)7-10)13(8-17)9-1-4-11(5-2-9)18(19)20/h1-7,13H. The molecule has 0 saturated heterocycles. The summed E-state index contributed by atoms with van der Waals surface area (Å²) in [6.07, 6.45) is 0. The van der Waals surface area contributed by atoms with E-state index in [1.54, 1.807) is 30.3 Å². The molecule has 6 heteroatoms. The van der Waals surface area contributed by atoms with Crippen molar-refractivity contribution in [2.45, 2.75) is 5.92 Å². The fourth-order valence-electron chi connectivity index (χ4n) is 1.85. The predicted octanol–water partition coefficient (Wildman–Crippen LogP) is 4.56. The molecule has 0 N–H and O–H groups in total. The van der Waals surface area contributed by atoms with E-state index >= 15 is 0 Å². The van der Waals surface area contributed by atoms with Crippen LogP contribution in [-0.4, -0.2) is 4.92 Å². The molecule has 2 rings (SSSR count). The molecule has 2 aromatic carbocycles. The highest BCUT2D eigenvalue weighted by Gasteiger charge is 2.17. The molecule has 0 radical (unpaired) electrons. The van der Waals surface area contributed by atoms with Gasteiger partial charge in [0, 0.05) is 22.2 Å². The molecule has 0 fully saturated rings. The molecule has 0 saturated carbocycles. The second-order valence-corrected chi connectivity index (χ2v) is 4.92. The highest BCUT2D eigenvalue weighted by atomic mass is 35.5. The van der Waals surface area contributed by atoms with E-state index in [1.807, 2.05) is 0 Å². The van der Waals surface area contributed by atoms with Crippen LogP contribution < -0.4 is 0 Å². The van der Waals surface area contributed by atoms with E-state index in [4.69, 9.17) is 23.2 Å². The minimum Gasteiger partial charge on any atom is -0.258 e. The molecule has 0 aliphatic rings. The molecule has 2 aromatic rings. The van der Waals surface area contributed by atoms with E-state index in [0.29, 0.717) is 21.2 Å². The van der Waals surface area contributed by atoms with E-state index in [2.05, 4.69) is 6.07 Å². The highest BCUT2D eigenvalue weighted by molar-refractivity contribution is 6.35. The van der Waals surface area contributed by atoms with Gasteiger partial charge in [0.25, 0.3) is 5.69 Å². The summed E-state index contributed by atoms with van der Waals surface area (Å²) in [5.41, 5.74) is 1.24. The Morgan fingerprint density at radius 3 is 2.30 bits per heavy atom. The van der Waals surface area contributed by atoms with Gasteiger partial charge in [0.2, 0.25) is 0 Å². The number of non-ortho nitro benzene ring substituents is 1. The molecule has 0 aromatic heterocycles. The number of hydrogen-bond acceptors (Lipinski definition) is 3. The number of nitro groups is 1. The second kappa shape index (κ2) is 5.91. The molecular formula is C14H8Cl2N2O2. The Labute approximate surface area is 125 Å². The van der Waals surface area contributed by atoms with Gasteiger partial charge in [0.05, 0.1) is 16.9 Å². The summed E-state index contributed by atoms with van der Waals surface area (Å²) in [6.45, 7) is 0. The first-order valence-corrected chi connectivity index (χ1v) is 6.37. The quantitative estimate of drug-likeness (QED) is 0.616. The zero-order chi connectivity index (χ0) is 14.7. The van der Waals surface area contributed by atoms with Gasteiger partial charge >= 0.3 is 0 Å². The first-order chi connectivity index (χ1) is 9.52. The van der Waals surface area contributed by atoms with Gasteiger partial charge < -0.3 is 0 Å². The second-order valence-electron chi connectivity index (χ2n) is 4.08. The smallest absolute Gasteiger partial charge is 0.258 e. The van der Waals surface area contributed by atoms with E-state index in [0.717, 1.165) is 0 Å². The minimum absolute atomic E-state index is 0.0207. The monoisotopic (exact) mass is 306 g/mol. The molecule has 1 atom stereocenters. The van der Waals surface area contributed by atoms with E-state index in [-0.39, 0.29) is 5.69 Å². The van der Waals surface area contributed by atoms with Crippen LogP contribution in [0.3, 0.4) is 0 Å². The van der Waals surface area contributed by atoms with Crippen molar-refractivity contribution < 1.29 is 4.92 Å². The van der Waals surface area contributed by atoms with Crippen molar-refractivity contribution in [1.82, 2.24) is 0 Å². The topological polar surface area (TPSA) is 66.9 Å². The molecule has 100 valence electrons. The predicted molar refractivity (Wildman–Crippen MR) is 77.0 cm³/mol. The van der Waals surface area contributed by atoms with Crippen LogP contribution in [0.1, 0.15) is 17.0 Å². The number of rotatable bonds is 3.